The van der Waals surface area contributed by atoms with Crippen LogP contribution in [0.3, 0.4) is 0 Å². The Kier molecular flexibility index (Phi) is 5.66. The lowest BCUT2D eigenvalue weighted by Crippen LogP contribution is -2.39. The molecule has 16 heavy (non-hydrogen) atoms. The lowest BCUT2D eigenvalue weighted by molar-refractivity contribution is -0.138. The Morgan fingerprint density at radius 2 is 2.19 bits per heavy atom. The van der Waals surface area contributed by atoms with Crippen molar-refractivity contribution in [1.82, 2.24) is 4.90 Å². The molecule has 1 rings (SSSR count). The third-order valence-electron chi connectivity index (χ3n) is 2.74. The minimum Gasteiger partial charge on any atom is -0.481 e. The van der Waals surface area contributed by atoms with E-state index in [2.05, 4.69) is 0 Å². The second-order valence-corrected chi connectivity index (χ2v) is 5.23. The predicted molar refractivity (Wildman–Crippen MR) is 64.6 cm³/mol. The molecule has 1 heterocycles. The van der Waals surface area contributed by atoms with Crippen LogP contribution in [0.25, 0.3) is 0 Å². The Labute approximate surface area is 100 Å². The molecule has 4 nitrogen and oxygen atoms in total. The van der Waals surface area contributed by atoms with Crippen LogP contribution >= 0.6 is 11.8 Å². The van der Waals surface area contributed by atoms with Crippen molar-refractivity contribution >= 4 is 23.6 Å². The van der Waals surface area contributed by atoms with Crippen molar-refractivity contribution in [3.05, 3.63) is 0 Å². The molecule has 1 aliphatic heterocycles. The fourth-order valence-corrected chi connectivity index (χ4v) is 3.07. The van der Waals surface area contributed by atoms with Gasteiger partial charge in [0.1, 0.15) is 0 Å². The van der Waals surface area contributed by atoms with Crippen LogP contribution in [0, 0.1) is 0 Å². The summed E-state index contributed by atoms with van der Waals surface area (Å²) in [6, 6.07) is 0. The maximum absolute atomic E-state index is 12.1. The molecule has 1 aliphatic rings. The minimum atomic E-state index is -0.845. The molecule has 0 aromatic rings. The van der Waals surface area contributed by atoms with E-state index < -0.39 is 5.97 Å². The first-order valence-corrected chi connectivity index (χ1v) is 6.82. The van der Waals surface area contributed by atoms with Crippen LogP contribution in [-0.4, -0.2) is 46.0 Å². The van der Waals surface area contributed by atoms with Gasteiger partial charge >= 0.3 is 5.97 Å². The minimum absolute atomic E-state index is 0.0387. The second kappa shape index (κ2) is 6.78. The van der Waals surface area contributed by atoms with Crippen LogP contribution in [0.15, 0.2) is 0 Å². The van der Waals surface area contributed by atoms with Crippen molar-refractivity contribution in [2.75, 3.05) is 18.8 Å². The Morgan fingerprint density at radius 3 is 2.69 bits per heavy atom. The first-order chi connectivity index (χ1) is 7.65. The highest BCUT2D eigenvalue weighted by Gasteiger charge is 2.25. The topological polar surface area (TPSA) is 57.6 Å². The number of rotatable bonds is 5. The van der Waals surface area contributed by atoms with Crippen LogP contribution < -0.4 is 0 Å². The molecule has 0 bridgehead atoms. The molecule has 1 unspecified atom stereocenters. The highest BCUT2D eigenvalue weighted by Crippen LogP contribution is 2.26. The van der Waals surface area contributed by atoms with Gasteiger partial charge in [-0.3, -0.25) is 9.59 Å². The maximum Gasteiger partial charge on any atom is 0.305 e. The largest absolute Gasteiger partial charge is 0.481 e. The molecule has 5 heteroatoms. The predicted octanol–water partition coefficient (Wildman–Crippen LogP) is 1.60. The number of aliphatic carboxylic acids is 1. The fraction of sp³-hybridized carbons (Fsp3) is 0.818. The van der Waals surface area contributed by atoms with Crippen molar-refractivity contribution in [3.63, 3.8) is 0 Å². The van der Waals surface area contributed by atoms with Crippen LogP contribution in [0.1, 0.15) is 32.6 Å². The molecule has 0 radical (unpaired) electrons. The lowest BCUT2D eigenvalue weighted by atomic mass is 10.1. The molecule has 92 valence electrons. The second-order valence-electron chi connectivity index (χ2n) is 3.92. The van der Waals surface area contributed by atoms with Crippen LogP contribution in [0.5, 0.6) is 0 Å². The average Bonchev–Trinajstić information content (AvgIpc) is 2.30. The number of carbonyl (C=O) groups excluding carboxylic acids is 1. The van der Waals surface area contributed by atoms with Crippen molar-refractivity contribution in [1.29, 1.82) is 0 Å². The zero-order valence-electron chi connectivity index (χ0n) is 9.65. The summed E-state index contributed by atoms with van der Waals surface area (Å²) in [6.07, 6.45) is 3.28. The van der Waals surface area contributed by atoms with Crippen molar-refractivity contribution in [3.8, 4) is 0 Å². The van der Waals surface area contributed by atoms with Gasteiger partial charge in [-0.2, -0.15) is 0 Å². The highest BCUT2D eigenvalue weighted by molar-refractivity contribution is 8.00. The summed E-state index contributed by atoms with van der Waals surface area (Å²) in [5, 5.41) is 8.66. The average molecular weight is 245 g/mol. The number of thioether (sulfide) groups is 1. The first kappa shape index (κ1) is 13.4. The smallest absolute Gasteiger partial charge is 0.305 e. The summed E-state index contributed by atoms with van der Waals surface area (Å²) in [5.41, 5.74) is 0. The molecule has 0 spiro atoms. The van der Waals surface area contributed by atoms with E-state index in [4.69, 9.17) is 5.11 Å². The van der Waals surface area contributed by atoms with Gasteiger partial charge in [0.15, 0.2) is 0 Å². The van der Waals surface area contributed by atoms with Crippen LogP contribution in [-0.2, 0) is 9.59 Å². The number of carboxylic acids is 1. The van der Waals surface area contributed by atoms with Gasteiger partial charge in [-0.15, -0.1) is 11.8 Å². The number of nitrogens with zero attached hydrogens (tertiary/aromatic N) is 1. The van der Waals surface area contributed by atoms with Crippen molar-refractivity contribution < 1.29 is 14.7 Å². The fourth-order valence-electron chi connectivity index (χ4n) is 1.79. The van der Waals surface area contributed by atoms with Crippen LogP contribution in [0.4, 0.5) is 0 Å². The highest BCUT2D eigenvalue weighted by atomic mass is 32.2. The lowest BCUT2D eigenvalue weighted by Gasteiger charge is -2.27. The first-order valence-electron chi connectivity index (χ1n) is 5.77. The third kappa shape index (κ3) is 4.04. The standard InChI is InChI=1S/C11H19NO3S/c1-2-12(7-6-10(13)14)11(15)9-5-3-4-8-16-9/h9H,2-8H2,1H3,(H,13,14). The molecule has 0 aromatic carbocycles. The van der Waals surface area contributed by atoms with Gasteiger partial charge in [0.2, 0.25) is 5.91 Å². The molecule has 1 fully saturated rings. The number of hydrogen-bond donors (Lipinski definition) is 1. The van der Waals surface area contributed by atoms with Gasteiger partial charge in [0.05, 0.1) is 11.7 Å². The van der Waals surface area contributed by atoms with E-state index in [1.165, 1.54) is 6.42 Å². The molecule has 0 aromatic heterocycles. The molecule has 1 N–H and O–H groups in total. The van der Waals surface area contributed by atoms with Gasteiger partial charge in [0.25, 0.3) is 0 Å². The van der Waals surface area contributed by atoms with E-state index in [9.17, 15) is 9.59 Å². The molecular formula is C11H19NO3S. The summed E-state index contributed by atoms with van der Waals surface area (Å²) in [7, 11) is 0. The maximum atomic E-state index is 12.1. The summed E-state index contributed by atoms with van der Waals surface area (Å²) < 4.78 is 0. The quantitative estimate of drug-likeness (QED) is 0.799. The Balaban J connectivity index is 2.44. The van der Waals surface area contributed by atoms with Gasteiger partial charge in [-0.25, -0.2) is 0 Å². The molecule has 1 saturated heterocycles. The summed E-state index contributed by atoms with van der Waals surface area (Å²) in [6.45, 7) is 2.83. The molecule has 0 saturated carbocycles. The summed E-state index contributed by atoms with van der Waals surface area (Å²) in [4.78, 5) is 24.2. The van der Waals surface area contributed by atoms with E-state index >= 15 is 0 Å². The van der Waals surface area contributed by atoms with Gasteiger partial charge in [-0.1, -0.05) is 6.42 Å². The third-order valence-corrected chi connectivity index (χ3v) is 4.11. The zero-order valence-corrected chi connectivity index (χ0v) is 10.5. The number of hydrogen-bond acceptors (Lipinski definition) is 3. The Hall–Kier alpha value is -0.710. The van der Waals surface area contributed by atoms with Crippen molar-refractivity contribution in [2.24, 2.45) is 0 Å². The Bertz CT molecular complexity index is 252. The van der Waals surface area contributed by atoms with Gasteiger partial charge in [-0.05, 0) is 25.5 Å². The molecular weight excluding hydrogens is 226 g/mol. The normalized spacial score (nSPS) is 20.4. The summed E-state index contributed by atoms with van der Waals surface area (Å²) in [5.74, 6) is 0.323. The zero-order chi connectivity index (χ0) is 12.0. The molecule has 1 atom stereocenters. The number of carbonyl (C=O) groups is 2. The van der Waals surface area contributed by atoms with E-state index in [0.29, 0.717) is 13.1 Å². The van der Waals surface area contributed by atoms with Crippen molar-refractivity contribution in [2.45, 2.75) is 37.9 Å². The number of amides is 1. The van der Waals surface area contributed by atoms with Gasteiger partial charge < -0.3 is 10.0 Å². The van der Waals surface area contributed by atoms with E-state index in [1.807, 2.05) is 6.92 Å². The van der Waals surface area contributed by atoms with E-state index in [-0.39, 0.29) is 17.6 Å². The van der Waals surface area contributed by atoms with E-state index in [1.54, 1.807) is 16.7 Å². The Morgan fingerprint density at radius 1 is 1.44 bits per heavy atom. The monoisotopic (exact) mass is 245 g/mol. The van der Waals surface area contributed by atoms with Gasteiger partial charge in [0, 0.05) is 13.1 Å². The van der Waals surface area contributed by atoms with E-state index in [0.717, 1.165) is 18.6 Å². The SMILES string of the molecule is CCN(CCC(=O)O)C(=O)C1CCCCS1. The number of carboxylic acid groups (broad SMARTS) is 1. The molecule has 1 amide bonds. The summed E-state index contributed by atoms with van der Waals surface area (Å²) >= 11 is 1.71. The van der Waals surface area contributed by atoms with Crippen LogP contribution in [0.2, 0.25) is 0 Å². The molecule has 0 aliphatic carbocycles.